The van der Waals surface area contributed by atoms with Crippen LogP contribution < -0.4 is 4.74 Å². The molecule has 0 saturated carbocycles. The van der Waals surface area contributed by atoms with Crippen molar-refractivity contribution in [3.63, 3.8) is 0 Å². The Morgan fingerprint density at radius 2 is 2.00 bits per heavy atom. The van der Waals surface area contributed by atoms with Gasteiger partial charge in [0.25, 0.3) is 0 Å². The van der Waals surface area contributed by atoms with Crippen LogP contribution >= 0.6 is 27.5 Å². The van der Waals surface area contributed by atoms with E-state index in [9.17, 15) is 13.6 Å². The second-order valence-electron chi connectivity index (χ2n) is 4.03. The van der Waals surface area contributed by atoms with Crippen LogP contribution in [0.5, 0.6) is 5.75 Å². The molecule has 0 unspecified atom stereocenters. The maximum atomic E-state index is 13.8. The Bertz CT molecular complexity index is 707. The lowest BCUT2D eigenvalue weighted by Crippen LogP contribution is -2.07. The number of rotatable bonds is 4. The van der Waals surface area contributed by atoms with Gasteiger partial charge in [0.2, 0.25) is 0 Å². The topological polar surface area (TPSA) is 46.5 Å². The molecule has 1 N–H and O–H groups in total. The van der Waals surface area contributed by atoms with Gasteiger partial charge in [-0.2, -0.15) is 0 Å². The minimum absolute atomic E-state index is 0.0183. The SMILES string of the molecule is O=C(O)c1c(Cl)cccc1OCc1c(F)ccc(Br)c1F. The fourth-order valence-electron chi connectivity index (χ4n) is 1.68. The number of aromatic carboxylic acids is 1. The Morgan fingerprint density at radius 1 is 1.29 bits per heavy atom. The molecule has 0 bridgehead atoms. The van der Waals surface area contributed by atoms with E-state index in [2.05, 4.69) is 15.9 Å². The number of ether oxygens (including phenoxy) is 1. The van der Waals surface area contributed by atoms with Crippen LogP contribution in [0.2, 0.25) is 5.02 Å². The second-order valence-corrected chi connectivity index (χ2v) is 5.29. The maximum Gasteiger partial charge on any atom is 0.341 e. The smallest absolute Gasteiger partial charge is 0.341 e. The van der Waals surface area contributed by atoms with Crippen LogP contribution in [0.25, 0.3) is 0 Å². The molecule has 7 heteroatoms. The zero-order chi connectivity index (χ0) is 15.6. The van der Waals surface area contributed by atoms with E-state index in [0.29, 0.717) is 0 Å². The molecule has 0 aliphatic heterocycles. The van der Waals surface area contributed by atoms with E-state index in [0.717, 1.165) is 6.07 Å². The number of halogens is 4. The van der Waals surface area contributed by atoms with Crippen molar-refractivity contribution >= 4 is 33.5 Å². The molecule has 0 atom stereocenters. The van der Waals surface area contributed by atoms with E-state index < -0.39 is 24.2 Å². The van der Waals surface area contributed by atoms with Gasteiger partial charge in [-0.3, -0.25) is 0 Å². The van der Waals surface area contributed by atoms with Crippen molar-refractivity contribution in [2.75, 3.05) is 0 Å². The first kappa shape index (κ1) is 15.7. The average Bonchev–Trinajstić information content (AvgIpc) is 2.42. The summed E-state index contributed by atoms with van der Waals surface area (Å²) in [5, 5.41) is 9.06. The van der Waals surface area contributed by atoms with Crippen LogP contribution in [0.1, 0.15) is 15.9 Å². The Labute approximate surface area is 132 Å². The Hall–Kier alpha value is -1.66. The van der Waals surface area contributed by atoms with Crippen molar-refractivity contribution in [3.05, 3.63) is 62.6 Å². The molecule has 0 aliphatic carbocycles. The largest absolute Gasteiger partial charge is 0.488 e. The Morgan fingerprint density at radius 3 is 2.67 bits per heavy atom. The van der Waals surface area contributed by atoms with E-state index in [-0.39, 0.29) is 26.4 Å². The van der Waals surface area contributed by atoms with Crippen LogP contribution in [-0.2, 0) is 6.61 Å². The molecule has 2 rings (SSSR count). The monoisotopic (exact) mass is 376 g/mol. The highest BCUT2D eigenvalue weighted by atomic mass is 79.9. The first-order valence-electron chi connectivity index (χ1n) is 5.68. The fourth-order valence-corrected chi connectivity index (χ4v) is 2.30. The quantitative estimate of drug-likeness (QED) is 0.789. The maximum absolute atomic E-state index is 13.8. The third kappa shape index (κ3) is 3.33. The second kappa shape index (κ2) is 6.41. The highest BCUT2D eigenvalue weighted by Gasteiger charge is 2.18. The Balaban J connectivity index is 2.32. The minimum Gasteiger partial charge on any atom is -0.488 e. The van der Waals surface area contributed by atoms with Gasteiger partial charge in [0.05, 0.1) is 15.1 Å². The van der Waals surface area contributed by atoms with Crippen molar-refractivity contribution in [3.8, 4) is 5.75 Å². The molecule has 0 fully saturated rings. The zero-order valence-electron chi connectivity index (χ0n) is 10.4. The van der Waals surface area contributed by atoms with E-state index in [4.69, 9.17) is 21.4 Å². The van der Waals surface area contributed by atoms with Crippen LogP contribution in [0.15, 0.2) is 34.8 Å². The summed E-state index contributed by atoms with van der Waals surface area (Å²) >= 11 is 8.72. The molecule has 110 valence electrons. The average molecular weight is 378 g/mol. The summed E-state index contributed by atoms with van der Waals surface area (Å²) in [5.41, 5.74) is -0.560. The summed E-state index contributed by atoms with van der Waals surface area (Å²) in [6.45, 7) is -0.461. The first-order valence-corrected chi connectivity index (χ1v) is 6.86. The lowest BCUT2D eigenvalue weighted by atomic mass is 10.2. The number of carboxylic acids is 1. The molecule has 0 aliphatic rings. The molecule has 3 nitrogen and oxygen atoms in total. The molecule has 2 aromatic rings. The van der Waals surface area contributed by atoms with Gasteiger partial charge < -0.3 is 9.84 Å². The van der Waals surface area contributed by atoms with Gasteiger partial charge in [-0.1, -0.05) is 17.7 Å². The molecule has 0 heterocycles. The minimum atomic E-state index is -1.29. The highest BCUT2D eigenvalue weighted by molar-refractivity contribution is 9.10. The number of carboxylic acid groups (broad SMARTS) is 1. The van der Waals surface area contributed by atoms with Crippen molar-refractivity contribution in [1.82, 2.24) is 0 Å². The normalized spacial score (nSPS) is 10.5. The van der Waals surface area contributed by atoms with Crippen LogP contribution in [0, 0.1) is 11.6 Å². The Kier molecular flexibility index (Phi) is 4.80. The van der Waals surface area contributed by atoms with Crippen LogP contribution in [0.4, 0.5) is 8.78 Å². The lowest BCUT2D eigenvalue weighted by molar-refractivity contribution is 0.0692. The zero-order valence-corrected chi connectivity index (χ0v) is 12.7. The van der Waals surface area contributed by atoms with Gasteiger partial charge >= 0.3 is 5.97 Å². The summed E-state index contributed by atoms with van der Waals surface area (Å²) < 4.78 is 32.7. The van der Waals surface area contributed by atoms with Gasteiger partial charge in [0.1, 0.15) is 29.6 Å². The van der Waals surface area contributed by atoms with Crippen LogP contribution in [-0.4, -0.2) is 11.1 Å². The number of carbonyl (C=O) groups is 1. The van der Waals surface area contributed by atoms with Gasteiger partial charge in [0.15, 0.2) is 0 Å². The number of hydrogen-bond donors (Lipinski definition) is 1. The molecule has 0 amide bonds. The summed E-state index contributed by atoms with van der Waals surface area (Å²) in [4.78, 5) is 11.1. The van der Waals surface area contributed by atoms with Gasteiger partial charge in [0, 0.05) is 0 Å². The van der Waals surface area contributed by atoms with Crippen LogP contribution in [0.3, 0.4) is 0 Å². The fraction of sp³-hybridized carbons (Fsp3) is 0.0714. The molecule has 0 spiro atoms. The van der Waals surface area contributed by atoms with Crippen molar-refractivity contribution < 1.29 is 23.4 Å². The molecular formula is C14H8BrClF2O3. The van der Waals surface area contributed by atoms with Gasteiger partial charge in [-0.05, 0) is 40.2 Å². The predicted molar refractivity (Wildman–Crippen MR) is 76.8 cm³/mol. The van der Waals surface area contributed by atoms with E-state index in [1.54, 1.807) is 0 Å². The molecule has 0 saturated heterocycles. The van der Waals surface area contributed by atoms with Crippen molar-refractivity contribution in [2.24, 2.45) is 0 Å². The van der Waals surface area contributed by atoms with Crippen molar-refractivity contribution in [1.29, 1.82) is 0 Å². The van der Waals surface area contributed by atoms with Gasteiger partial charge in [-0.15, -0.1) is 0 Å². The first-order chi connectivity index (χ1) is 9.91. The standard InChI is InChI=1S/C14H8BrClF2O3/c15-8-4-5-10(17)7(13(8)18)6-21-11-3-1-2-9(16)12(11)14(19)20/h1-5H,6H2,(H,19,20). The van der Waals surface area contributed by atoms with E-state index >= 15 is 0 Å². The highest BCUT2D eigenvalue weighted by Crippen LogP contribution is 2.28. The summed E-state index contributed by atoms with van der Waals surface area (Å²) in [6, 6.07) is 6.55. The van der Waals surface area contributed by atoms with Gasteiger partial charge in [-0.25, -0.2) is 13.6 Å². The molecule has 2 aromatic carbocycles. The lowest BCUT2D eigenvalue weighted by Gasteiger charge is -2.11. The molecule has 0 aromatic heterocycles. The predicted octanol–water partition coefficient (Wildman–Crippen LogP) is 4.66. The number of hydrogen-bond acceptors (Lipinski definition) is 2. The van der Waals surface area contributed by atoms with E-state index in [1.807, 2.05) is 0 Å². The molecular weight excluding hydrogens is 370 g/mol. The molecule has 0 radical (unpaired) electrons. The van der Waals surface area contributed by atoms with E-state index in [1.165, 1.54) is 24.3 Å². The van der Waals surface area contributed by atoms with Crippen molar-refractivity contribution in [2.45, 2.75) is 6.61 Å². The summed E-state index contributed by atoms with van der Waals surface area (Å²) in [5.74, 6) is -2.93. The summed E-state index contributed by atoms with van der Waals surface area (Å²) in [6.07, 6.45) is 0. The molecule has 21 heavy (non-hydrogen) atoms. The third-order valence-electron chi connectivity index (χ3n) is 2.70. The number of benzene rings is 2. The summed E-state index contributed by atoms with van der Waals surface area (Å²) in [7, 11) is 0. The third-order valence-corrected chi connectivity index (χ3v) is 3.63.